The molecule has 3 nitrogen and oxygen atoms in total. The maximum absolute atomic E-state index is 6.97. The summed E-state index contributed by atoms with van der Waals surface area (Å²) in [6, 6.07) is 0. The average molecular weight is 67.0 g/mol. The smallest absolute Gasteiger partial charge is 0.427 e. The Morgan fingerprint density at radius 3 is 1.75 bits per heavy atom. The van der Waals surface area contributed by atoms with Crippen LogP contribution < -0.4 is 35.4 Å². The van der Waals surface area contributed by atoms with Crippen molar-refractivity contribution in [1.82, 2.24) is 0 Å². The molecule has 0 spiro atoms. The second kappa shape index (κ2) is 9.99. The fraction of sp³-hybridized carbons (Fsp3) is 0. The summed E-state index contributed by atoms with van der Waals surface area (Å²) in [6.07, 6.45) is 0. The van der Waals surface area contributed by atoms with Crippen molar-refractivity contribution in [3.63, 3.8) is 0 Å². The van der Waals surface area contributed by atoms with Crippen LogP contribution in [0.5, 0.6) is 0 Å². The largest absolute Gasteiger partial charge is 1.00 e. The molecule has 0 saturated heterocycles. The van der Waals surface area contributed by atoms with Gasteiger partial charge in [-0.15, -0.1) is 0 Å². The molecule has 0 aliphatic heterocycles. The Kier molecular flexibility index (Phi) is 22.1. The molecular weight excluding hydrogens is 65.0 g/mol. The minimum absolute atomic E-state index is 0. The molecule has 0 fully saturated rings. The molecular formula is H2N3Na. The first-order valence-electron chi connectivity index (χ1n) is 0.458. The number of rotatable bonds is 0. The molecule has 0 unspecified atom stereocenters. The molecule has 0 amide bonds. The molecule has 0 aliphatic rings. The van der Waals surface area contributed by atoms with Gasteiger partial charge in [0.25, 0.3) is 0 Å². The zero-order chi connectivity index (χ0) is 2.71. The Hall–Kier alpha value is 0.400. The van der Waals surface area contributed by atoms with Crippen LogP contribution >= 0.6 is 0 Å². The van der Waals surface area contributed by atoms with Crippen LogP contribution in [0.1, 0.15) is 0 Å². The fourth-order valence-electron chi connectivity index (χ4n) is 0. The van der Waals surface area contributed by atoms with Gasteiger partial charge < -0.3 is 11.4 Å². The molecule has 0 aliphatic carbocycles. The Labute approximate surface area is 46.3 Å². The van der Waals surface area contributed by atoms with E-state index in [1.165, 1.54) is 0 Å². The molecule has 4 heteroatoms. The zero-order valence-electron chi connectivity index (χ0n) is 2.47. The second-order valence-corrected chi connectivity index (χ2v) is 0.115. The summed E-state index contributed by atoms with van der Waals surface area (Å²) < 4.78 is 0. The van der Waals surface area contributed by atoms with Crippen LogP contribution in [-0.4, -0.2) is 0 Å². The maximum Gasteiger partial charge on any atom is 1.00 e. The minimum atomic E-state index is 0. The summed E-state index contributed by atoms with van der Waals surface area (Å²) in [5, 5.41) is 2.00. The number of nitrogens with two attached hydrogens (primary N) is 1. The van der Waals surface area contributed by atoms with Crippen molar-refractivity contribution >= 4 is 0 Å². The predicted octanol–water partition coefficient (Wildman–Crippen LogP) is -3.11. The molecule has 0 aromatic rings. The van der Waals surface area contributed by atoms with E-state index in [1.807, 2.05) is 5.22 Å². The molecule has 0 radical (unpaired) electrons. The van der Waals surface area contributed by atoms with E-state index in [-0.39, 0.29) is 29.6 Å². The van der Waals surface area contributed by atoms with E-state index in [0.29, 0.717) is 0 Å². The Morgan fingerprint density at radius 2 is 1.75 bits per heavy atom. The van der Waals surface area contributed by atoms with Gasteiger partial charge in [0.15, 0.2) is 0 Å². The topological polar surface area (TPSA) is 60.7 Å². The number of hydrogen-bond donors (Lipinski definition) is 1. The second-order valence-electron chi connectivity index (χ2n) is 0.115. The Bertz CT molecular complexity index is 10.8. The third kappa shape index (κ3) is 29.4. The number of hydrogen-bond acceptors (Lipinski definition) is 1. The van der Waals surface area contributed by atoms with Crippen molar-refractivity contribution in [2.75, 3.05) is 0 Å². The first kappa shape index (κ1) is 8.83. The van der Waals surface area contributed by atoms with Gasteiger partial charge in [0, 0.05) is 0 Å². The third-order valence-electron chi connectivity index (χ3n) is 0. The molecule has 4 heavy (non-hydrogen) atoms. The molecule has 0 aromatic carbocycles. The first-order valence-corrected chi connectivity index (χ1v) is 0.458. The predicted molar refractivity (Wildman–Crippen MR) is 9.97 cm³/mol. The van der Waals surface area contributed by atoms with Crippen LogP contribution in [0.15, 0.2) is 5.22 Å². The van der Waals surface area contributed by atoms with Crippen LogP contribution in [0.4, 0.5) is 0 Å². The molecule has 2 N–H and O–H groups in total. The summed E-state index contributed by atoms with van der Waals surface area (Å²) in [5.74, 6) is 4.03. The average Bonchev–Trinajstić information content (AvgIpc) is 0.918. The van der Waals surface area contributed by atoms with Crippen LogP contribution in [0.3, 0.4) is 0 Å². The van der Waals surface area contributed by atoms with Gasteiger partial charge in [0.1, 0.15) is 0 Å². The SMILES string of the molecule is [N-]=NN.[Na+]. The Morgan fingerprint density at radius 1 is 1.75 bits per heavy atom. The standard InChI is InChI=1S/H2N3.Na/c1-3-2;/h(H2-,1,2);/q-1;+1. The summed E-state index contributed by atoms with van der Waals surface area (Å²) in [6.45, 7) is 0. The monoisotopic (exact) mass is 67.0 g/mol. The van der Waals surface area contributed by atoms with Gasteiger partial charge in [-0.2, -0.15) is 0 Å². The van der Waals surface area contributed by atoms with Gasteiger partial charge in [-0.25, -0.2) is 0 Å². The van der Waals surface area contributed by atoms with E-state index in [4.69, 9.17) is 5.53 Å². The van der Waals surface area contributed by atoms with Crippen LogP contribution in [0, 0.1) is 0 Å². The van der Waals surface area contributed by atoms with E-state index < -0.39 is 0 Å². The van der Waals surface area contributed by atoms with Gasteiger partial charge in [-0.05, 0) is 0 Å². The molecule has 0 atom stereocenters. The van der Waals surface area contributed by atoms with E-state index >= 15 is 0 Å². The van der Waals surface area contributed by atoms with Gasteiger partial charge in [-0.3, -0.25) is 5.22 Å². The summed E-state index contributed by atoms with van der Waals surface area (Å²) in [7, 11) is 0. The van der Waals surface area contributed by atoms with Crippen molar-refractivity contribution < 1.29 is 29.6 Å². The molecule has 18 valence electrons. The number of nitrogens with zero attached hydrogens (tertiary/aromatic N) is 2. The normalized spacial score (nSPS) is 3.00. The summed E-state index contributed by atoms with van der Waals surface area (Å²) >= 11 is 0. The van der Waals surface area contributed by atoms with Gasteiger partial charge in [-0.1, -0.05) is 0 Å². The van der Waals surface area contributed by atoms with Crippen LogP contribution in [-0.2, 0) is 0 Å². The fourth-order valence-corrected chi connectivity index (χ4v) is 0. The van der Waals surface area contributed by atoms with E-state index in [0.717, 1.165) is 0 Å². The van der Waals surface area contributed by atoms with E-state index in [1.54, 1.807) is 0 Å². The van der Waals surface area contributed by atoms with E-state index in [2.05, 4.69) is 5.84 Å². The molecule has 0 rings (SSSR count). The molecule has 0 heterocycles. The van der Waals surface area contributed by atoms with Crippen molar-refractivity contribution in [2.24, 2.45) is 11.1 Å². The van der Waals surface area contributed by atoms with Crippen LogP contribution in [0.2, 0.25) is 0 Å². The minimum Gasteiger partial charge on any atom is -0.427 e. The Balaban J connectivity index is 0. The maximum atomic E-state index is 6.97. The molecule has 0 saturated carbocycles. The third-order valence-corrected chi connectivity index (χ3v) is 0. The zero-order valence-corrected chi connectivity index (χ0v) is 4.47. The first-order chi connectivity index (χ1) is 1.41. The molecule has 0 aromatic heterocycles. The van der Waals surface area contributed by atoms with Crippen molar-refractivity contribution in [2.45, 2.75) is 0 Å². The van der Waals surface area contributed by atoms with Gasteiger partial charge in [0.05, 0.1) is 0 Å². The van der Waals surface area contributed by atoms with Gasteiger partial charge in [0.2, 0.25) is 0 Å². The summed E-state index contributed by atoms with van der Waals surface area (Å²) in [5.41, 5.74) is 6.97. The van der Waals surface area contributed by atoms with Crippen molar-refractivity contribution in [1.29, 1.82) is 0 Å². The molecule has 0 bridgehead atoms. The van der Waals surface area contributed by atoms with Gasteiger partial charge >= 0.3 is 29.6 Å². The van der Waals surface area contributed by atoms with Crippen molar-refractivity contribution in [3.8, 4) is 0 Å². The van der Waals surface area contributed by atoms with Crippen LogP contribution in [0.25, 0.3) is 5.53 Å². The summed E-state index contributed by atoms with van der Waals surface area (Å²) in [4.78, 5) is 0. The quantitative estimate of drug-likeness (QED) is 0.138. The van der Waals surface area contributed by atoms with Crippen molar-refractivity contribution in [3.05, 3.63) is 5.53 Å². The van der Waals surface area contributed by atoms with E-state index in [9.17, 15) is 0 Å².